The molecule has 1 aromatic rings. The van der Waals surface area contributed by atoms with Crippen molar-refractivity contribution in [2.45, 2.75) is 19.1 Å². The maximum atomic E-state index is 13.2. The number of alkyl halides is 2. The molecule has 1 aromatic carbocycles. The number of hydrogen-bond donors (Lipinski definition) is 1. The van der Waals surface area contributed by atoms with E-state index >= 15 is 0 Å². The molecule has 1 amide bonds. The normalized spacial score (nSPS) is 18.9. The molecule has 0 spiro atoms. The van der Waals surface area contributed by atoms with E-state index in [4.69, 9.17) is 5.11 Å². The molecule has 3 nitrogen and oxygen atoms in total. The molecular formula is C13H12F3NO2. The van der Waals surface area contributed by atoms with Crippen LogP contribution in [0.1, 0.15) is 12.0 Å². The number of likely N-dealkylation sites (tertiary alicyclic amines) is 1. The number of benzene rings is 1. The Morgan fingerprint density at radius 2 is 1.95 bits per heavy atom. The molecule has 0 bridgehead atoms. The van der Waals surface area contributed by atoms with E-state index < -0.39 is 23.4 Å². The fraction of sp³-hybridized carbons (Fsp3) is 0.308. The zero-order valence-electron chi connectivity index (χ0n) is 9.94. The smallest absolute Gasteiger partial charge is 0.334 e. The van der Waals surface area contributed by atoms with Crippen LogP contribution >= 0.6 is 0 Å². The lowest BCUT2D eigenvalue weighted by atomic mass is 10.2. The summed E-state index contributed by atoms with van der Waals surface area (Å²) in [6.45, 7) is 0.389. The fourth-order valence-electron chi connectivity index (χ4n) is 1.99. The molecular weight excluding hydrogens is 259 g/mol. The number of carbonyl (C=O) groups is 1. The van der Waals surface area contributed by atoms with Crippen molar-refractivity contribution in [3.8, 4) is 0 Å². The maximum absolute atomic E-state index is 13.2. The van der Waals surface area contributed by atoms with Gasteiger partial charge in [-0.05, 0) is 12.0 Å². The zero-order chi connectivity index (χ0) is 14.0. The van der Waals surface area contributed by atoms with Gasteiger partial charge in [0.1, 0.15) is 0 Å². The first-order valence-electron chi connectivity index (χ1n) is 5.72. The average molecular weight is 271 g/mol. The summed E-state index contributed by atoms with van der Waals surface area (Å²) in [7, 11) is 0. The summed E-state index contributed by atoms with van der Waals surface area (Å²) in [5, 5.41) is 8.30. The molecule has 1 aliphatic rings. The molecule has 2 rings (SSSR count). The number of rotatable bonds is 3. The third-order valence-electron chi connectivity index (χ3n) is 2.92. The second-order valence-electron chi connectivity index (χ2n) is 4.30. The molecule has 1 aliphatic heterocycles. The van der Waals surface area contributed by atoms with E-state index in [2.05, 4.69) is 0 Å². The van der Waals surface area contributed by atoms with Gasteiger partial charge in [0.05, 0.1) is 5.57 Å². The Kier molecular flexibility index (Phi) is 3.61. The van der Waals surface area contributed by atoms with Crippen LogP contribution in [0.2, 0.25) is 0 Å². The monoisotopic (exact) mass is 271 g/mol. The highest BCUT2D eigenvalue weighted by molar-refractivity contribution is 5.96. The first kappa shape index (κ1) is 13.6. The fourth-order valence-corrected chi connectivity index (χ4v) is 1.99. The van der Waals surface area contributed by atoms with E-state index in [0.717, 1.165) is 5.56 Å². The number of amides is 1. The van der Waals surface area contributed by atoms with Gasteiger partial charge in [-0.1, -0.05) is 30.3 Å². The molecule has 1 saturated heterocycles. The van der Waals surface area contributed by atoms with Gasteiger partial charge in [0.25, 0.3) is 5.91 Å². The number of nitrogens with zero attached hydrogens (tertiary/aromatic N) is 1. The Morgan fingerprint density at radius 1 is 1.32 bits per heavy atom. The van der Waals surface area contributed by atoms with Crippen molar-refractivity contribution in [1.82, 2.24) is 4.90 Å². The van der Waals surface area contributed by atoms with Gasteiger partial charge >= 0.3 is 6.11 Å². The zero-order valence-corrected chi connectivity index (χ0v) is 9.94. The predicted octanol–water partition coefficient (Wildman–Crippen LogP) is 2.23. The molecule has 0 saturated carbocycles. The second-order valence-corrected chi connectivity index (χ2v) is 4.30. The summed E-state index contributed by atoms with van der Waals surface area (Å²) >= 11 is 0. The minimum Gasteiger partial charge on any atom is -0.334 e. The van der Waals surface area contributed by atoms with E-state index in [-0.39, 0.29) is 19.5 Å². The standard InChI is InChI=1S/C13H12F3NO2/c14-11(13(15,16)19)10-6-7-17(12(10)18)8-9-4-2-1-3-5-9/h1-5,19H,6-8H2/b11-10+. The highest BCUT2D eigenvalue weighted by atomic mass is 19.3. The number of hydrogen-bond acceptors (Lipinski definition) is 2. The van der Waals surface area contributed by atoms with Crippen molar-refractivity contribution in [1.29, 1.82) is 0 Å². The van der Waals surface area contributed by atoms with Crippen LogP contribution in [0, 0.1) is 0 Å². The average Bonchev–Trinajstić information content (AvgIpc) is 2.70. The van der Waals surface area contributed by atoms with Crippen LogP contribution in [0.4, 0.5) is 13.2 Å². The number of halogens is 3. The van der Waals surface area contributed by atoms with Crippen molar-refractivity contribution < 1.29 is 23.1 Å². The van der Waals surface area contributed by atoms with Crippen molar-refractivity contribution in [3.05, 3.63) is 47.3 Å². The lowest BCUT2D eigenvalue weighted by Gasteiger charge is -2.15. The molecule has 0 aromatic heterocycles. The molecule has 0 aliphatic carbocycles. The Hall–Kier alpha value is -1.82. The minimum atomic E-state index is -4.59. The van der Waals surface area contributed by atoms with Gasteiger partial charge in [0.15, 0.2) is 0 Å². The first-order chi connectivity index (χ1) is 8.89. The molecule has 0 unspecified atom stereocenters. The van der Waals surface area contributed by atoms with Crippen LogP contribution in [0.25, 0.3) is 0 Å². The van der Waals surface area contributed by atoms with E-state index in [1.54, 1.807) is 24.3 Å². The Morgan fingerprint density at radius 3 is 2.53 bits per heavy atom. The second kappa shape index (κ2) is 5.05. The third kappa shape index (κ3) is 2.96. The van der Waals surface area contributed by atoms with Gasteiger partial charge in [0.2, 0.25) is 5.83 Å². The van der Waals surface area contributed by atoms with Crippen molar-refractivity contribution in [2.24, 2.45) is 0 Å². The van der Waals surface area contributed by atoms with Gasteiger partial charge in [-0.15, -0.1) is 0 Å². The third-order valence-corrected chi connectivity index (χ3v) is 2.92. The van der Waals surface area contributed by atoms with E-state index in [9.17, 15) is 18.0 Å². The van der Waals surface area contributed by atoms with Gasteiger partial charge < -0.3 is 10.0 Å². The van der Waals surface area contributed by atoms with Crippen LogP contribution < -0.4 is 0 Å². The van der Waals surface area contributed by atoms with Crippen LogP contribution in [0.15, 0.2) is 41.7 Å². The SMILES string of the molecule is O=C1/C(=C(/F)C(O)(F)F)CCN1Cc1ccccc1. The van der Waals surface area contributed by atoms with Crippen LogP contribution in [0.5, 0.6) is 0 Å². The van der Waals surface area contributed by atoms with Gasteiger partial charge in [-0.3, -0.25) is 4.79 Å². The molecule has 0 atom stereocenters. The van der Waals surface area contributed by atoms with Crippen LogP contribution in [-0.2, 0) is 11.3 Å². The maximum Gasteiger partial charge on any atom is 0.407 e. The first-order valence-corrected chi connectivity index (χ1v) is 5.72. The van der Waals surface area contributed by atoms with E-state index in [0.29, 0.717) is 0 Å². The summed E-state index contributed by atoms with van der Waals surface area (Å²) < 4.78 is 38.1. The summed E-state index contributed by atoms with van der Waals surface area (Å²) in [6.07, 6.45) is -4.72. The molecule has 1 fully saturated rings. The highest BCUT2D eigenvalue weighted by Crippen LogP contribution is 2.31. The Labute approximate surface area is 108 Å². The summed E-state index contributed by atoms with van der Waals surface area (Å²) in [5.74, 6) is -2.84. The van der Waals surface area contributed by atoms with Gasteiger partial charge in [-0.25, -0.2) is 4.39 Å². The van der Waals surface area contributed by atoms with Crippen LogP contribution in [0.3, 0.4) is 0 Å². The largest absolute Gasteiger partial charge is 0.407 e. The van der Waals surface area contributed by atoms with E-state index in [1.165, 1.54) is 4.90 Å². The van der Waals surface area contributed by atoms with Crippen molar-refractivity contribution >= 4 is 5.91 Å². The summed E-state index contributed by atoms with van der Waals surface area (Å²) in [5.41, 5.74) is 0.177. The summed E-state index contributed by atoms with van der Waals surface area (Å²) in [4.78, 5) is 13.1. The topological polar surface area (TPSA) is 40.5 Å². The predicted molar refractivity (Wildman–Crippen MR) is 61.8 cm³/mol. The Balaban J connectivity index is 2.15. The molecule has 19 heavy (non-hydrogen) atoms. The lowest BCUT2D eigenvalue weighted by molar-refractivity contribution is -0.180. The quantitative estimate of drug-likeness (QED) is 0.856. The highest BCUT2D eigenvalue weighted by Gasteiger charge is 2.40. The molecule has 1 N–H and O–H groups in total. The number of aliphatic hydroxyl groups is 1. The number of carbonyl (C=O) groups excluding carboxylic acids is 1. The van der Waals surface area contributed by atoms with Gasteiger partial charge in [-0.2, -0.15) is 8.78 Å². The minimum absolute atomic E-state index is 0.131. The molecule has 0 radical (unpaired) electrons. The summed E-state index contributed by atoms with van der Waals surface area (Å²) in [6, 6.07) is 8.95. The molecule has 6 heteroatoms. The van der Waals surface area contributed by atoms with Crippen molar-refractivity contribution in [2.75, 3.05) is 6.54 Å². The van der Waals surface area contributed by atoms with Gasteiger partial charge in [0, 0.05) is 13.1 Å². The molecule has 1 heterocycles. The van der Waals surface area contributed by atoms with E-state index in [1.807, 2.05) is 6.07 Å². The lowest BCUT2D eigenvalue weighted by Crippen LogP contribution is -2.26. The Bertz CT molecular complexity index is 508. The van der Waals surface area contributed by atoms with Crippen molar-refractivity contribution in [3.63, 3.8) is 0 Å². The van der Waals surface area contributed by atoms with Crippen LogP contribution in [-0.4, -0.2) is 28.6 Å². The molecule has 102 valence electrons.